The molecule has 5 rings (SSSR count). The van der Waals surface area contributed by atoms with Gasteiger partial charge in [0.05, 0.1) is 30.6 Å². The van der Waals surface area contributed by atoms with E-state index in [1.54, 1.807) is 11.0 Å². The maximum atomic E-state index is 14.5. The van der Waals surface area contributed by atoms with E-state index in [0.717, 1.165) is 23.4 Å². The number of aromatic nitrogens is 1. The zero-order valence-corrected chi connectivity index (χ0v) is 25.0. The van der Waals surface area contributed by atoms with Crippen molar-refractivity contribution in [2.75, 3.05) is 50.1 Å². The molecule has 13 heteroatoms. The van der Waals surface area contributed by atoms with Crippen LogP contribution in [-0.4, -0.2) is 95.1 Å². The Kier molecular flexibility index (Phi) is 8.52. The number of anilines is 1. The summed E-state index contributed by atoms with van der Waals surface area (Å²) in [6, 6.07) is 4.28. The second-order valence-corrected chi connectivity index (χ2v) is 12.6. The summed E-state index contributed by atoms with van der Waals surface area (Å²) in [7, 11) is 0. The third-order valence-corrected chi connectivity index (χ3v) is 8.97. The highest BCUT2D eigenvalue weighted by atomic mass is 19.1. The first kappa shape index (κ1) is 30.9. The minimum atomic E-state index is -1.000. The first-order valence-electron chi connectivity index (χ1n) is 14.6. The summed E-state index contributed by atoms with van der Waals surface area (Å²) < 4.78 is 35.0. The predicted molar refractivity (Wildman–Crippen MR) is 157 cm³/mol. The normalized spacial score (nSPS) is 25.5. The van der Waals surface area contributed by atoms with Crippen molar-refractivity contribution in [3.05, 3.63) is 63.1 Å². The van der Waals surface area contributed by atoms with E-state index in [2.05, 4.69) is 5.32 Å². The molecule has 0 spiro atoms. The van der Waals surface area contributed by atoms with Gasteiger partial charge in [0.15, 0.2) is 0 Å². The van der Waals surface area contributed by atoms with Gasteiger partial charge in [0.2, 0.25) is 5.91 Å². The fourth-order valence-corrected chi connectivity index (χ4v) is 6.69. The van der Waals surface area contributed by atoms with E-state index in [1.807, 2.05) is 32.6 Å². The summed E-state index contributed by atoms with van der Waals surface area (Å²) in [6.07, 6.45) is -0.703. The maximum Gasteiger partial charge on any atom is 0.407 e. The second-order valence-electron chi connectivity index (χ2n) is 12.6. The zero-order valence-electron chi connectivity index (χ0n) is 25.0. The number of nitrogen functional groups attached to an aromatic ring is 1. The van der Waals surface area contributed by atoms with E-state index in [1.165, 1.54) is 11.0 Å². The highest BCUT2D eigenvalue weighted by Crippen LogP contribution is 2.40. The number of morpholine rings is 1. The van der Waals surface area contributed by atoms with Gasteiger partial charge < -0.3 is 30.8 Å². The van der Waals surface area contributed by atoms with Crippen LogP contribution in [0.5, 0.6) is 0 Å². The number of rotatable bonds is 6. The minimum Gasteiger partial charge on any atom is -0.465 e. The summed E-state index contributed by atoms with van der Waals surface area (Å²) in [6.45, 7) is 9.86. The molecule has 4 atom stereocenters. The van der Waals surface area contributed by atoms with Crippen LogP contribution in [0.1, 0.15) is 50.9 Å². The fourth-order valence-electron chi connectivity index (χ4n) is 6.69. The molecule has 0 radical (unpaired) electrons. The molecular weight excluding hydrogens is 562 g/mol. The lowest BCUT2D eigenvalue weighted by Crippen LogP contribution is -2.62. The van der Waals surface area contributed by atoms with Gasteiger partial charge in [-0.25, -0.2) is 18.3 Å². The smallest absolute Gasteiger partial charge is 0.407 e. The van der Waals surface area contributed by atoms with Gasteiger partial charge in [-0.05, 0) is 38.0 Å². The number of ether oxygens (including phenoxy) is 1. The van der Waals surface area contributed by atoms with Crippen molar-refractivity contribution in [2.24, 2.45) is 0 Å². The lowest BCUT2D eigenvalue weighted by atomic mass is 9.90. The Morgan fingerprint density at radius 1 is 1.16 bits per heavy atom. The molecule has 0 bridgehead atoms. The summed E-state index contributed by atoms with van der Waals surface area (Å²) in [4.78, 5) is 44.3. The van der Waals surface area contributed by atoms with Crippen molar-refractivity contribution in [3.8, 4) is 0 Å². The lowest BCUT2D eigenvalue weighted by Gasteiger charge is -2.46. The van der Waals surface area contributed by atoms with Crippen LogP contribution < -0.4 is 21.6 Å². The molecule has 3 aliphatic rings. The van der Waals surface area contributed by atoms with E-state index in [0.29, 0.717) is 31.0 Å². The van der Waals surface area contributed by atoms with Crippen LogP contribution in [0, 0.1) is 11.6 Å². The van der Waals surface area contributed by atoms with Gasteiger partial charge in [-0.2, -0.15) is 0 Å². The summed E-state index contributed by atoms with van der Waals surface area (Å²) in [5.41, 5.74) is 0.112. The number of benzene rings is 1. The molecule has 11 nitrogen and oxygen atoms in total. The van der Waals surface area contributed by atoms with Crippen molar-refractivity contribution < 1.29 is 28.2 Å². The van der Waals surface area contributed by atoms with Crippen LogP contribution in [0.15, 0.2) is 29.1 Å². The van der Waals surface area contributed by atoms with Crippen molar-refractivity contribution in [1.82, 2.24) is 19.8 Å². The summed E-state index contributed by atoms with van der Waals surface area (Å²) >= 11 is 0. The van der Waals surface area contributed by atoms with E-state index >= 15 is 0 Å². The maximum absolute atomic E-state index is 14.5. The van der Waals surface area contributed by atoms with Gasteiger partial charge in [-0.1, -0.05) is 19.9 Å². The van der Waals surface area contributed by atoms with Gasteiger partial charge in [0, 0.05) is 67.8 Å². The molecule has 4 heterocycles. The van der Waals surface area contributed by atoms with Crippen molar-refractivity contribution in [1.29, 1.82) is 0 Å². The predicted octanol–water partition coefficient (Wildman–Crippen LogP) is 1.88. The van der Waals surface area contributed by atoms with E-state index in [4.69, 9.17) is 10.6 Å². The largest absolute Gasteiger partial charge is 0.465 e. The number of hydrogen-bond donors (Lipinski definition) is 3. The minimum absolute atomic E-state index is 0.0259. The molecule has 4 N–H and O–H groups in total. The molecule has 0 aliphatic carbocycles. The Balaban J connectivity index is 1.43. The molecule has 43 heavy (non-hydrogen) atoms. The van der Waals surface area contributed by atoms with Crippen LogP contribution in [0.4, 0.5) is 19.3 Å². The molecular formula is C30H40F2N6O5. The molecule has 2 aromatic rings. The number of piperazine rings is 1. The number of hydrogen-bond acceptors (Lipinski definition) is 7. The third-order valence-electron chi connectivity index (χ3n) is 8.97. The molecule has 2 saturated heterocycles. The van der Waals surface area contributed by atoms with Crippen molar-refractivity contribution in [3.63, 3.8) is 0 Å². The number of halogens is 2. The van der Waals surface area contributed by atoms with Crippen molar-refractivity contribution in [2.45, 2.75) is 70.2 Å². The van der Waals surface area contributed by atoms with Gasteiger partial charge in [-0.3, -0.25) is 14.5 Å². The molecule has 2 amide bonds. The molecule has 3 aliphatic heterocycles. The number of carbonyl (C=O) groups excluding carboxylic acids is 1. The number of amides is 2. The Hall–Kier alpha value is -3.55. The van der Waals surface area contributed by atoms with E-state index < -0.39 is 28.7 Å². The van der Waals surface area contributed by atoms with Gasteiger partial charge in [-0.15, -0.1) is 0 Å². The van der Waals surface area contributed by atoms with Gasteiger partial charge in [0.25, 0.3) is 5.56 Å². The molecule has 234 valence electrons. The first-order valence-corrected chi connectivity index (χ1v) is 14.6. The number of nitrogens with one attached hydrogen (secondary N) is 1. The Morgan fingerprint density at radius 3 is 2.58 bits per heavy atom. The summed E-state index contributed by atoms with van der Waals surface area (Å²) in [5, 5.41) is 13.2. The SMILES string of the molecule is C[C@@H]1CN(CC(=O)N2CC(C)(C)c3c2cc(Cc2ccc(F)cc2F)c(=O)n3N)[C@@H](CC2OCCN[C@@H]2C)CN1C(=O)O. The van der Waals surface area contributed by atoms with Gasteiger partial charge in [0.1, 0.15) is 11.6 Å². The first-order chi connectivity index (χ1) is 20.3. The highest BCUT2D eigenvalue weighted by molar-refractivity contribution is 5.97. The Labute approximate surface area is 249 Å². The average molecular weight is 603 g/mol. The quantitative estimate of drug-likeness (QED) is 0.427. The number of carboxylic acid groups (broad SMARTS) is 1. The molecule has 1 aromatic carbocycles. The van der Waals surface area contributed by atoms with Gasteiger partial charge >= 0.3 is 6.09 Å². The van der Waals surface area contributed by atoms with Crippen LogP contribution >= 0.6 is 0 Å². The Bertz CT molecular complexity index is 1470. The number of pyridine rings is 1. The highest BCUT2D eigenvalue weighted by Gasteiger charge is 2.43. The van der Waals surface area contributed by atoms with Crippen LogP contribution in [0.2, 0.25) is 0 Å². The van der Waals surface area contributed by atoms with E-state index in [9.17, 15) is 28.3 Å². The van der Waals surface area contributed by atoms with E-state index in [-0.39, 0.29) is 67.3 Å². The monoisotopic (exact) mass is 602 g/mol. The number of fused-ring (bicyclic) bond motifs is 1. The number of nitrogens with two attached hydrogens (primary N) is 1. The Morgan fingerprint density at radius 2 is 1.91 bits per heavy atom. The zero-order chi connectivity index (χ0) is 31.2. The molecule has 2 fully saturated rings. The topological polar surface area (TPSA) is 133 Å². The number of carbonyl (C=O) groups is 2. The number of nitrogens with zero attached hydrogens (tertiary/aromatic N) is 4. The average Bonchev–Trinajstić information content (AvgIpc) is 3.21. The molecule has 1 unspecified atom stereocenters. The van der Waals surface area contributed by atoms with Crippen molar-refractivity contribution >= 4 is 17.7 Å². The molecule has 1 aromatic heterocycles. The lowest BCUT2D eigenvalue weighted by molar-refractivity contribution is -0.122. The fraction of sp³-hybridized carbons (Fsp3) is 0.567. The second kappa shape index (κ2) is 11.9. The van der Waals surface area contributed by atoms with Crippen LogP contribution in [0.3, 0.4) is 0 Å². The van der Waals surface area contributed by atoms with Crippen LogP contribution in [0.25, 0.3) is 0 Å². The third kappa shape index (κ3) is 6.11. The standard InChI is InChI=1S/C30H40F2N6O5/c1-17-13-35(22(14-36(17)29(41)42)12-25-18(2)34-7-8-43-25)15-26(39)37-16-30(3,4)27-24(37)10-20(28(40)38(27)33)9-19-5-6-21(31)11-23(19)32/h5-6,10-11,17-18,22,25,34H,7-9,12-16,33H2,1-4H3,(H,41,42)/t17-,18-,22+,25?/m1/s1. The molecule has 0 saturated carbocycles. The van der Waals surface area contributed by atoms with Crippen LogP contribution in [-0.2, 0) is 21.4 Å². The summed E-state index contributed by atoms with van der Waals surface area (Å²) in [5.74, 6) is 4.58.